The molecule has 0 aromatic heterocycles. The summed E-state index contributed by atoms with van der Waals surface area (Å²) in [5, 5.41) is 0. The Balaban J connectivity index is 1.77. The van der Waals surface area contributed by atoms with Crippen molar-refractivity contribution in [1.29, 1.82) is 0 Å². The Labute approximate surface area is 99.0 Å². The van der Waals surface area contributed by atoms with Gasteiger partial charge in [-0.3, -0.25) is 9.80 Å². The van der Waals surface area contributed by atoms with E-state index in [1.54, 1.807) is 0 Å². The van der Waals surface area contributed by atoms with Crippen molar-refractivity contribution in [3.05, 3.63) is 0 Å². The predicted octanol–water partition coefficient (Wildman–Crippen LogP) is 0.507. The van der Waals surface area contributed by atoms with Crippen molar-refractivity contribution < 1.29 is 0 Å². The van der Waals surface area contributed by atoms with Crippen molar-refractivity contribution in [3.8, 4) is 11.8 Å². The fraction of sp³-hybridized carbons (Fsp3) is 0.846. The van der Waals surface area contributed by atoms with Crippen LogP contribution in [-0.4, -0.2) is 54.6 Å². The van der Waals surface area contributed by atoms with E-state index in [2.05, 4.69) is 21.6 Å². The second kappa shape index (κ2) is 5.67. The highest BCUT2D eigenvalue weighted by Crippen LogP contribution is 2.19. The molecule has 2 rings (SSSR count). The van der Waals surface area contributed by atoms with Crippen molar-refractivity contribution >= 4 is 0 Å². The Morgan fingerprint density at radius 1 is 1.19 bits per heavy atom. The van der Waals surface area contributed by atoms with Gasteiger partial charge in [0.05, 0.1) is 6.54 Å². The molecule has 2 aliphatic rings. The third-order valence-corrected chi connectivity index (χ3v) is 3.82. The summed E-state index contributed by atoms with van der Waals surface area (Å²) in [6, 6.07) is 1.20. The van der Waals surface area contributed by atoms with Crippen LogP contribution in [0.2, 0.25) is 0 Å². The lowest BCUT2D eigenvalue weighted by Crippen LogP contribution is -2.46. The molecule has 3 heteroatoms. The minimum atomic E-state index is 0.444. The molecule has 0 spiro atoms. The van der Waals surface area contributed by atoms with Gasteiger partial charge in [-0.15, -0.1) is 5.92 Å². The van der Waals surface area contributed by atoms with Crippen molar-refractivity contribution in [3.63, 3.8) is 0 Å². The first-order valence-corrected chi connectivity index (χ1v) is 6.41. The molecule has 2 heterocycles. The Kier molecular flexibility index (Phi) is 4.22. The summed E-state index contributed by atoms with van der Waals surface area (Å²) < 4.78 is 0. The number of hydrogen-bond acceptors (Lipinski definition) is 3. The van der Waals surface area contributed by atoms with Crippen molar-refractivity contribution in [1.82, 2.24) is 9.80 Å². The van der Waals surface area contributed by atoms with Crippen LogP contribution in [0.25, 0.3) is 0 Å². The molecular formula is C13H23N3. The number of hydrogen-bond donors (Lipinski definition) is 1. The van der Waals surface area contributed by atoms with Crippen LogP contribution in [0, 0.1) is 11.8 Å². The monoisotopic (exact) mass is 221 g/mol. The van der Waals surface area contributed by atoms with Crippen LogP contribution >= 0.6 is 0 Å². The molecular weight excluding hydrogens is 198 g/mol. The molecule has 2 aliphatic heterocycles. The molecule has 1 unspecified atom stereocenters. The van der Waals surface area contributed by atoms with Crippen LogP contribution in [0.5, 0.6) is 0 Å². The summed E-state index contributed by atoms with van der Waals surface area (Å²) in [5.74, 6) is 6.13. The van der Waals surface area contributed by atoms with Gasteiger partial charge in [0.25, 0.3) is 0 Å². The number of nitrogens with zero attached hydrogens (tertiary/aromatic N) is 2. The van der Waals surface area contributed by atoms with E-state index in [0.29, 0.717) is 6.04 Å². The lowest BCUT2D eigenvalue weighted by molar-refractivity contribution is 0.154. The van der Waals surface area contributed by atoms with E-state index in [4.69, 9.17) is 5.73 Å². The average molecular weight is 221 g/mol. The Bertz CT molecular complexity index is 271. The molecule has 90 valence electrons. The van der Waals surface area contributed by atoms with E-state index >= 15 is 0 Å². The summed E-state index contributed by atoms with van der Waals surface area (Å²) in [7, 11) is 0. The van der Waals surface area contributed by atoms with Gasteiger partial charge in [0, 0.05) is 25.2 Å². The minimum absolute atomic E-state index is 0.444. The molecule has 2 N–H and O–H groups in total. The highest BCUT2D eigenvalue weighted by atomic mass is 15.3. The highest BCUT2D eigenvalue weighted by Gasteiger charge is 2.29. The molecule has 0 aliphatic carbocycles. The fourth-order valence-corrected chi connectivity index (χ4v) is 2.73. The maximum Gasteiger partial charge on any atom is 0.0602 e. The van der Waals surface area contributed by atoms with E-state index < -0.39 is 0 Å². The molecule has 2 fully saturated rings. The standard InChI is InChI=1S/C13H23N3/c1-2-3-7-15-8-6-13(11-15)16-9-4-12(14)5-10-16/h12-13H,4-11,14H2,1H3. The van der Waals surface area contributed by atoms with Gasteiger partial charge in [-0.1, -0.05) is 5.92 Å². The van der Waals surface area contributed by atoms with Crippen LogP contribution in [0.4, 0.5) is 0 Å². The number of likely N-dealkylation sites (tertiary alicyclic amines) is 2. The molecule has 0 saturated carbocycles. The van der Waals surface area contributed by atoms with Crippen LogP contribution in [0.15, 0.2) is 0 Å². The Morgan fingerprint density at radius 2 is 1.94 bits per heavy atom. The molecule has 0 amide bonds. The first-order chi connectivity index (χ1) is 7.79. The second-order valence-corrected chi connectivity index (χ2v) is 4.98. The van der Waals surface area contributed by atoms with Gasteiger partial charge >= 0.3 is 0 Å². The second-order valence-electron chi connectivity index (χ2n) is 4.98. The topological polar surface area (TPSA) is 32.5 Å². The SMILES string of the molecule is CC#CCN1CCC(N2CCC(N)CC2)C1. The van der Waals surface area contributed by atoms with E-state index in [1.807, 2.05) is 6.92 Å². The summed E-state index contributed by atoms with van der Waals surface area (Å²) >= 11 is 0. The van der Waals surface area contributed by atoms with Gasteiger partial charge in [-0.25, -0.2) is 0 Å². The summed E-state index contributed by atoms with van der Waals surface area (Å²) in [4.78, 5) is 5.10. The molecule has 0 bridgehead atoms. The van der Waals surface area contributed by atoms with Crippen molar-refractivity contribution in [2.45, 2.75) is 38.3 Å². The third-order valence-electron chi connectivity index (χ3n) is 3.82. The predicted molar refractivity (Wildman–Crippen MR) is 67.1 cm³/mol. The zero-order chi connectivity index (χ0) is 11.4. The number of piperidine rings is 1. The lowest BCUT2D eigenvalue weighted by Gasteiger charge is -2.34. The van der Waals surface area contributed by atoms with Crippen LogP contribution in [-0.2, 0) is 0 Å². The number of rotatable bonds is 2. The van der Waals surface area contributed by atoms with Crippen LogP contribution in [0.1, 0.15) is 26.2 Å². The summed E-state index contributed by atoms with van der Waals surface area (Å²) in [6.45, 7) is 7.66. The van der Waals surface area contributed by atoms with Crippen molar-refractivity contribution in [2.75, 3.05) is 32.7 Å². The summed E-state index contributed by atoms with van der Waals surface area (Å²) in [5.41, 5.74) is 5.93. The quantitative estimate of drug-likeness (QED) is 0.690. The molecule has 1 atom stereocenters. The Hall–Kier alpha value is -0.560. The zero-order valence-corrected chi connectivity index (χ0v) is 10.3. The molecule has 0 aromatic rings. The molecule has 0 radical (unpaired) electrons. The van der Waals surface area contributed by atoms with Crippen LogP contribution < -0.4 is 5.73 Å². The highest BCUT2D eigenvalue weighted by molar-refractivity contribution is 5.00. The van der Waals surface area contributed by atoms with E-state index in [-0.39, 0.29) is 0 Å². The van der Waals surface area contributed by atoms with Gasteiger partial charge in [0.15, 0.2) is 0 Å². The number of nitrogens with two attached hydrogens (primary N) is 1. The zero-order valence-electron chi connectivity index (χ0n) is 10.3. The third kappa shape index (κ3) is 2.98. The smallest absolute Gasteiger partial charge is 0.0602 e. The van der Waals surface area contributed by atoms with E-state index in [1.165, 1.54) is 45.4 Å². The van der Waals surface area contributed by atoms with Crippen LogP contribution in [0.3, 0.4) is 0 Å². The van der Waals surface area contributed by atoms with Gasteiger partial charge in [0.2, 0.25) is 0 Å². The van der Waals surface area contributed by atoms with E-state index in [9.17, 15) is 0 Å². The maximum absolute atomic E-state index is 5.93. The van der Waals surface area contributed by atoms with Gasteiger partial charge in [-0.2, -0.15) is 0 Å². The first kappa shape index (κ1) is 11.9. The Morgan fingerprint density at radius 3 is 2.62 bits per heavy atom. The fourth-order valence-electron chi connectivity index (χ4n) is 2.73. The van der Waals surface area contributed by atoms with Gasteiger partial charge in [0.1, 0.15) is 0 Å². The summed E-state index contributed by atoms with van der Waals surface area (Å²) in [6.07, 6.45) is 3.65. The first-order valence-electron chi connectivity index (χ1n) is 6.41. The molecule has 2 saturated heterocycles. The lowest BCUT2D eigenvalue weighted by atomic mass is 10.0. The van der Waals surface area contributed by atoms with Gasteiger partial charge < -0.3 is 5.73 Å². The molecule has 0 aromatic carbocycles. The maximum atomic E-state index is 5.93. The largest absolute Gasteiger partial charge is 0.328 e. The normalized spacial score (nSPS) is 29.0. The molecule has 16 heavy (non-hydrogen) atoms. The molecule has 3 nitrogen and oxygen atoms in total. The average Bonchev–Trinajstić information content (AvgIpc) is 2.76. The van der Waals surface area contributed by atoms with Gasteiger partial charge in [-0.05, 0) is 39.3 Å². The van der Waals surface area contributed by atoms with Crippen molar-refractivity contribution in [2.24, 2.45) is 5.73 Å². The van der Waals surface area contributed by atoms with E-state index in [0.717, 1.165) is 12.6 Å². The minimum Gasteiger partial charge on any atom is -0.328 e.